The third-order valence-corrected chi connectivity index (χ3v) is 8.03. The standard InChI is InChI=1S/C36H26N4O/c1-2-24(32-28-16-8-9-18-30(28)41-33(32)37)36-39-34(21-11-4-3-5-12-21)38-35(40-36)23-19-22-13-10-17-27-25-14-6-7-15-26(25)29(20-23)31(22)27/h2-20,34H,37H2,1H3,(H,38,39,40)/b24-2+. The van der Waals surface area contributed by atoms with Crippen LogP contribution in [0.1, 0.15) is 29.8 Å². The highest BCUT2D eigenvalue weighted by atomic mass is 16.3. The maximum absolute atomic E-state index is 6.46. The van der Waals surface area contributed by atoms with Gasteiger partial charge in [-0.15, -0.1) is 0 Å². The molecule has 1 unspecified atom stereocenters. The van der Waals surface area contributed by atoms with Crippen molar-refractivity contribution in [3.63, 3.8) is 0 Å². The van der Waals surface area contributed by atoms with Gasteiger partial charge in [-0.1, -0.05) is 97.1 Å². The minimum atomic E-state index is -0.417. The predicted molar refractivity (Wildman–Crippen MR) is 169 cm³/mol. The molecule has 5 heteroatoms. The van der Waals surface area contributed by atoms with E-state index in [9.17, 15) is 0 Å². The van der Waals surface area contributed by atoms with Gasteiger partial charge in [-0.3, -0.25) is 0 Å². The van der Waals surface area contributed by atoms with E-state index in [1.165, 1.54) is 33.0 Å². The monoisotopic (exact) mass is 530 g/mol. The van der Waals surface area contributed by atoms with Crippen molar-refractivity contribution in [1.82, 2.24) is 5.32 Å². The Morgan fingerprint density at radius 2 is 1.51 bits per heavy atom. The van der Waals surface area contributed by atoms with Gasteiger partial charge in [0.2, 0.25) is 0 Å². The number of rotatable bonds is 4. The Bertz CT molecular complexity index is 2100. The molecule has 0 saturated carbocycles. The fourth-order valence-electron chi connectivity index (χ4n) is 6.20. The van der Waals surface area contributed by atoms with E-state index in [2.05, 4.69) is 72.0 Å². The molecule has 1 aliphatic carbocycles. The highest BCUT2D eigenvalue weighted by Gasteiger charge is 2.27. The lowest BCUT2D eigenvalue weighted by molar-refractivity contribution is 0.636. The molecule has 1 atom stereocenters. The van der Waals surface area contributed by atoms with Crippen LogP contribution in [0.5, 0.6) is 0 Å². The van der Waals surface area contributed by atoms with Gasteiger partial charge < -0.3 is 15.5 Å². The van der Waals surface area contributed by atoms with Crippen LogP contribution >= 0.6 is 0 Å². The molecule has 8 rings (SSSR count). The van der Waals surface area contributed by atoms with E-state index < -0.39 is 6.17 Å². The second kappa shape index (κ2) is 9.07. The molecule has 0 spiro atoms. The number of nitrogens with two attached hydrogens (primary N) is 1. The molecule has 0 fully saturated rings. The van der Waals surface area contributed by atoms with Gasteiger partial charge in [0.25, 0.3) is 0 Å². The lowest BCUT2D eigenvalue weighted by Gasteiger charge is -2.24. The van der Waals surface area contributed by atoms with Crippen molar-refractivity contribution in [1.29, 1.82) is 0 Å². The molecule has 41 heavy (non-hydrogen) atoms. The molecule has 1 aliphatic heterocycles. The molecule has 5 nitrogen and oxygen atoms in total. The summed E-state index contributed by atoms with van der Waals surface area (Å²) in [6.07, 6.45) is 1.62. The van der Waals surface area contributed by atoms with Crippen molar-refractivity contribution in [3.8, 4) is 22.3 Å². The third-order valence-electron chi connectivity index (χ3n) is 8.03. The molecule has 2 heterocycles. The number of hydrogen-bond acceptors (Lipinski definition) is 5. The molecule has 6 aromatic rings. The summed E-state index contributed by atoms with van der Waals surface area (Å²) < 4.78 is 5.94. The van der Waals surface area contributed by atoms with E-state index in [1.54, 1.807) is 0 Å². The zero-order valence-corrected chi connectivity index (χ0v) is 22.4. The van der Waals surface area contributed by atoms with Crippen LogP contribution < -0.4 is 11.1 Å². The maximum Gasteiger partial charge on any atom is 0.199 e. The van der Waals surface area contributed by atoms with Crippen LogP contribution in [0.2, 0.25) is 0 Å². The van der Waals surface area contributed by atoms with Gasteiger partial charge in [0, 0.05) is 16.5 Å². The Hall–Kier alpha value is -5.42. The summed E-state index contributed by atoms with van der Waals surface area (Å²) in [5.41, 5.74) is 16.0. The van der Waals surface area contributed by atoms with E-state index >= 15 is 0 Å². The van der Waals surface area contributed by atoms with Crippen LogP contribution in [0.15, 0.2) is 130 Å². The van der Waals surface area contributed by atoms with E-state index in [0.717, 1.165) is 39.1 Å². The van der Waals surface area contributed by atoms with Gasteiger partial charge in [-0.05, 0) is 63.7 Å². The first-order valence-electron chi connectivity index (χ1n) is 13.8. The zero-order valence-electron chi connectivity index (χ0n) is 22.4. The van der Waals surface area contributed by atoms with Crippen LogP contribution in [0.4, 0.5) is 5.88 Å². The Morgan fingerprint density at radius 3 is 2.34 bits per heavy atom. The number of allylic oxidation sites excluding steroid dienone is 1. The molecule has 196 valence electrons. The topological polar surface area (TPSA) is 75.9 Å². The summed E-state index contributed by atoms with van der Waals surface area (Å²) in [4.78, 5) is 10.3. The number of nitrogens with zero attached hydrogens (tertiary/aromatic N) is 2. The molecule has 0 bridgehead atoms. The first-order chi connectivity index (χ1) is 20.2. The summed E-state index contributed by atoms with van der Waals surface area (Å²) in [5, 5.41) is 7.02. The molecule has 2 aliphatic rings. The average Bonchev–Trinajstić information content (AvgIpc) is 3.53. The van der Waals surface area contributed by atoms with Crippen LogP contribution in [0, 0.1) is 0 Å². The fraction of sp³-hybridized carbons (Fsp3) is 0.0556. The summed E-state index contributed by atoms with van der Waals surface area (Å²) in [5.74, 6) is 1.84. The number of amidine groups is 2. The van der Waals surface area contributed by atoms with Crippen LogP contribution in [-0.4, -0.2) is 11.7 Å². The van der Waals surface area contributed by atoms with Crippen molar-refractivity contribution in [2.45, 2.75) is 13.1 Å². The molecule has 0 amide bonds. The van der Waals surface area contributed by atoms with Crippen LogP contribution in [-0.2, 0) is 0 Å². The average molecular weight is 531 g/mol. The third kappa shape index (κ3) is 3.63. The molecule has 0 saturated heterocycles. The Kier molecular flexibility index (Phi) is 5.19. The number of para-hydroxylation sites is 1. The number of anilines is 1. The van der Waals surface area contributed by atoms with Gasteiger partial charge >= 0.3 is 0 Å². The van der Waals surface area contributed by atoms with Gasteiger partial charge in [0.1, 0.15) is 17.3 Å². The summed E-state index contributed by atoms with van der Waals surface area (Å²) in [6, 6.07) is 37.7. The van der Waals surface area contributed by atoms with Crippen LogP contribution in [0.3, 0.4) is 0 Å². The van der Waals surface area contributed by atoms with E-state index in [4.69, 9.17) is 20.1 Å². The van der Waals surface area contributed by atoms with E-state index in [0.29, 0.717) is 11.7 Å². The van der Waals surface area contributed by atoms with Crippen molar-refractivity contribution < 1.29 is 4.42 Å². The normalized spacial score (nSPS) is 15.9. The van der Waals surface area contributed by atoms with Crippen LogP contribution in [0.25, 0.3) is 49.6 Å². The number of furan rings is 1. The molecule has 1 aromatic heterocycles. The predicted octanol–water partition coefficient (Wildman–Crippen LogP) is 8.37. The molecule has 0 radical (unpaired) electrons. The SMILES string of the molecule is C/C=C(/C1=NC(c2ccccc2)N=C(c2cc3c4c(cccc4c2)-c2ccccc2-3)N1)c1c(N)oc2ccccc12. The zero-order chi connectivity index (χ0) is 27.5. The summed E-state index contributed by atoms with van der Waals surface area (Å²) >= 11 is 0. The quantitative estimate of drug-likeness (QED) is 0.240. The van der Waals surface area contributed by atoms with Crippen molar-refractivity contribution in [2.24, 2.45) is 9.98 Å². The molecule has 3 N–H and O–H groups in total. The molecular weight excluding hydrogens is 504 g/mol. The first kappa shape index (κ1) is 23.5. The summed E-state index contributed by atoms with van der Waals surface area (Å²) in [6.45, 7) is 2.00. The Morgan fingerprint density at radius 1 is 0.780 bits per heavy atom. The van der Waals surface area contributed by atoms with Crippen molar-refractivity contribution in [2.75, 3.05) is 5.73 Å². The number of fused-ring (bicyclic) bond motifs is 4. The van der Waals surface area contributed by atoms with Gasteiger partial charge in [0.05, 0.1) is 5.56 Å². The second-order valence-corrected chi connectivity index (χ2v) is 10.4. The first-order valence-corrected chi connectivity index (χ1v) is 13.8. The minimum Gasteiger partial charge on any atom is -0.440 e. The summed E-state index contributed by atoms with van der Waals surface area (Å²) in [7, 11) is 0. The highest BCUT2D eigenvalue weighted by Crippen LogP contribution is 2.47. The Labute approximate surface area is 237 Å². The number of nitrogens with one attached hydrogen (secondary N) is 1. The largest absolute Gasteiger partial charge is 0.440 e. The number of benzene rings is 5. The van der Waals surface area contributed by atoms with Crippen molar-refractivity contribution in [3.05, 3.63) is 132 Å². The lowest BCUT2D eigenvalue weighted by Crippen LogP contribution is -2.36. The number of nitrogen functional groups attached to an aromatic ring is 1. The Balaban J connectivity index is 1.30. The van der Waals surface area contributed by atoms with E-state index in [1.807, 2.05) is 55.5 Å². The number of aliphatic imine (C=N–C) groups is 2. The highest BCUT2D eigenvalue weighted by molar-refractivity contribution is 6.32. The maximum atomic E-state index is 6.46. The van der Waals surface area contributed by atoms with Gasteiger partial charge in [0.15, 0.2) is 12.0 Å². The molecule has 5 aromatic carbocycles. The molecular formula is C36H26N4O. The number of hydrogen-bond donors (Lipinski definition) is 2. The lowest BCUT2D eigenvalue weighted by atomic mass is 9.98. The smallest absolute Gasteiger partial charge is 0.199 e. The second-order valence-electron chi connectivity index (χ2n) is 10.4. The van der Waals surface area contributed by atoms with Gasteiger partial charge in [-0.2, -0.15) is 0 Å². The fourth-order valence-corrected chi connectivity index (χ4v) is 6.20. The van der Waals surface area contributed by atoms with E-state index in [-0.39, 0.29) is 0 Å². The van der Waals surface area contributed by atoms with Crippen molar-refractivity contribution >= 4 is 44.9 Å². The van der Waals surface area contributed by atoms with Gasteiger partial charge in [-0.25, -0.2) is 9.98 Å². The minimum absolute atomic E-state index is 0.368.